The van der Waals surface area contributed by atoms with E-state index in [1.165, 1.54) is 5.56 Å². The van der Waals surface area contributed by atoms with Gasteiger partial charge in [-0.1, -0.05) is 31.7 Å². The first-order valence-corrected chi connectivity index (χ1v) is 3.79. The van der Waals surface area contributed by atoms with Crippen molar-refractivity contribution in [1.29, 1.82) is 0 Å². The van der Waals surface area contributed by atoms with E-state index in [1.54, 1.807) is 0 Å². The van der Waals surface area contributed by atoms with Crippen LogP contribution in [0, 0.1) is 0 Å². The lowest BCUT2D eigenvalue weighted by Gasteiger charge is -2.05. The molecule has 0 bridgehead atoms. The Morgan fingerprint density at radius 3 is 2.73 bits per heavy atom. The molecule has 0 radical (unpaired) electrons. The Kier molecular flexibility index (Phi) is 2.32. The van der Waals surface area contributed by atoms with Gasteiger partial charge in [0.25, 0.3) is 0 Å². The molecule has 1 nitrogen and oxygen atoms in total. The van der Waals surface area contributed by atoms with E-state index in [1.807, 2.05) is 18.2 Å². The lowest BCUT2D eigenvalue weighted by Crippen LogP contribution is -1.93. The van der Waals surface area contributed by atoms with Crippen LogP contribution in [0.15, 0.2) is 24.8 Å². The third-order valence-corrected chi connectivity index (χ3v) is 1.82. The minimum atomic E-state index is 0.819. The first-order valence-electron chi connectivity index (χ1n) is 3.79. The summed E-state index contributed by atoms with van der Waals surface area (Å²) >= 11 is 0. The van der Waals surface area contributed by atoms with Crippen molar-refractivity contribution in [2.24, 2.45) is 0 Å². The second-order valence-electron chi connectivity index (χ2n) is 2.48. The van der Waals surface area contributed by atoms with Crippen LogP contribution in [0.25, 0.3) is 6.08 Å². The third-order valence-electron chi connectivity index (χ3n) is 1.82. The van der Waals surface area contributed by atoms with Crippen molar-refractivity contribution in [3.05, 3.63) is 35.9 Å². The zero-order chi connectivity index (χ0) is 8.27. The summed E-state index contributed by atoms with van der Waals surface area (Å²) in [6, 6.07) is 5.95. The average molecular weight is 147 g/mol. The Balaban J connectivity index is 3.24. The van der Waals surface area contributed by atoms with E-state index < -0.39 is 0 Å². The monoisotopic (exact) mass is 147 g/mol. The van der Waals surface area contributed by atoms with Crippen LogP contribution in [0.5, 0.6) is 0 Å². The number of nitrogens with two attached hydrogens (primary N) is 1. The fraction of sp³-hybridized carbons (Fsp3) is 0.200. The molecule has 11 heavy (non-hydrogen) atoms. The zero-order valence-electron chi connectivity index (χ0n) is 6.80. The Morgan fingerprint density at radius 2 is 2.27 bits per heavy atom. The van der Waals surface area contributed by atoms with Crippen LogP contribution in [0.3, 0.4) is 0 Å². The lowest BCUT2D eigenvalue weighted by molar-refractivity contribution is 1.13. The second kappa shape index (κ2) is 3.24. The maximum atomic E-state index is 5.74. The van der Waals surface area contributed by atoms with Crippen molar-refractivity contribution in [1.82, 2.24) is 0 Å². The number of aryl methyl sites for hydroxylation is 1. The van der Waals surface area contributed by atoms with Crippen LogP contribution in [0.4, 0.5) is 5.69 Å². The van der Waals surface area contributed by atoms with Crippen LogP contribution in [-0.2, 0) is 6.42 Å². The summed E-state index contributed by atoms with van der Waals surface area (Å²) in [5.74, 6) is 0. The molecule has 0 aliphatic rings. The molecule has 0 saturated carbocycles. The average Bonchev–Trinajstić information content (AvgIpc) is 2.04. The SMILES string of the molecule is C=Cc1c(N)cccc1CC. The molecule has 0 atom stereocenters. The van der Waals surface area contributed by atoms with Gasteiger partial charge in [0.2, 0.25) is 0 Å². The van der Waals surface area contributed by atoms with Crippen LogP contribution in [-0.4, -0.2) is 0 Å². The highest BCUT2D eigenvalue weighted by Gasteiger charge is 1.98. The largest absolute Gasteiger partial charge is 0.398 e. The minimum absolute atomic E-state index is 0.819. The number of benzene rings is 1. The van der Waals surface area contributed by atoms with E-state index in [-0.39, 0.29) is 0 Å². The molecule has 1 aromatic carbocycles. The summed E-state index contributed by atoms with van der Waals surface area (Å²) in [6.07, 6.45) is 2.82. The highest BCUT2D eigenvalue weighted by atomic mass is 14.6. The van der Waals surface area contributed by atoms with Gasteiger partial charge in [0.05, 0.1) is 0 Å². The molecule has 0 fully saturated rings. The van der Waals surface area contributed by atoms with Gasteiger partial charge in [0.15, 0.2) is 0 Å². The molecule has 0 aliphatic heterocycles. The summed E-state index contributed by atoms with van der Waals surface area (Å²) in [7, 11) is 0. The molecule has 0 saturated heterocycles. The van der Waals surface area contributed by atoms with Gasteiger partial charge in [0, 0.05) is 5.69 Å². The Bertz CT molecular complexity index is 264. The van der Waals surface area contributed by atoms with E-state index >= 15 is 0 Å². The number of rotatable bonds is 2. The summed E-state index contributed by atoms with van der Waals surface area (Å²) in [6.45, 7) is 5.83. The second-order valence-corrected chi connectivity index (χ2v) is 2.48. The molecule has 1 rings (SSSR count). The smallest absolute Gasteiger partial charge is 0.0390 e. The van der Waals surface area contributed by atoms with E-state index in [0.29, 0.717) is 0 Å². The van der Waals surface area contributed by atoms with Crippen LogP contribution >= 0.6 is 0 Å². The number of nitrogen functional groups attached to an aromatic ring is 1. The van der Waals surface area contributed by atoms with E-state index in [2.05, 4.69) is 19.6 Å². The summed E-state index contributed by atoms with van der Waals surface area (Å²) in [5.41, 5.74) is 8.90. The molecule has 58 valence electrons. The zero-order valence-corrected chi connectivity index (χ0v) is 6.80. The topological polar surface area (TPSA) is 26.0 Å². The van der Waals surface area contributed by atoms with Gasteiger partial charge in [-0.05, 0) is 23.6 Å². The Hall–Kier alpha value is -1.24. The van der Waals surface area contributed by atoms with Gasteiger partial charge in [-0.2, -0.15) is 0 Å². The van der Waals surface area contributed by atoms with Gasteiger partial charge in [0.1, 0.15) is 0 Å². The van der Waals surface area contributed by atoms with Crippen LogP contribution in [0.2, 0.25) is 0 Å². The van der Waals surface area contributed by atoms with Crippen molar-refractivity contribution < 1.29 is 0 Å². The van der Waals surface area contributed by atoms with E-state index in [4.69, 9.17) is 5.73 Å². The molecule has 2 N–H and O–H groups in total. The standard InChI is InChI=1S/C10H13N/c1-3-8-6-5-7-10(11)9(8)4-2/h4-7H,2-3,11H2,1H3. The molecular formula is C10H13N. The maximum Gasteiger partial charge on any atom is 0.0390 e. The van der Waals surface area contributed by atoms with Crippen molar-refractivity contribution >= 4 is 11.8 Å². The summed E-state index contributed by atoms with van der Waals surface area (Å²) < 4.78 is 0. The number of hydrogen-bond donors (Lipinski definition) is 1. The Morgan fingerprint density at radius 1 is 1.55 bits per heavy atom. The van der Waals surface area contributed by atoms with Gasteiger partial charge in [-0.3, -0.25) is 0 Å². The highest BCUT2D eigenvalue weighted by molar-refractivity contribution is 5.66. The molecule has 1 aromatic rings. The summed E-state index contributed by atoms with van der Waals surface area (Å²) in [5, 5.41) is 0. The van der Waals surface area contributed by atoms with Gasteiger partial charge in [-0.25, -0.2) is 0 Å². The predicted molar refractivity (Wildman–Crippen MR) is 50.3 cm³/mol. The first kappa shape index (κ1) is 7.86. The first-order chi connectivity index (χ1) is 5.29. The maximum absolute atomic E-state index is 5.74. The Labute approximate surface area is 67.5 Å². The molecule has 0 amide bonds. The fourth-order valence-corrected chi connectivity index (χ4v) is 1.19. The quantitative estimate of drug-likeness (QED) is 0.639. The van der Waals surface area contributed by atoms with Gasteiger partial charge >= 0.3 is 0 Å². The van der Waals surface area contributed by atoms with Crippen molar-refractivity contribution in [2.75, 3.05) is 5.73 Å². The molecule has 0 spiro atoms. The lowest BCUT2D eigenvalue weighted by atomic mass is 10.0. The predicted octanol–water partition coefficient (Wildman–Crippen LogP) is 2.47. The van der Waals surface area contributed by atoms with Crippen molar-refractivity contribution in [2.45, 2.75) is 13.3 Å². The molecular weight excluding hydrogens is 134 g/mol. The molecule has 0 aliphatic carbocycles. The van der Waals surface area contributed by atoms with Crippen molar-refractivity contribution in [3.63, 3.8) is 0 Å². The van der Waals surface area contributed by atoms with Crippen LogP contribution < -0.4 is 5.73 Å². The van der Waals surface area contributed by atoms with Gasteiger partial charge < -0.3 is 5.73 Å². The number of hydrogen-bond acceptors (Lipinski definition) is 1. The molecule has 0 heterocycles. The number of anilines is 1. The third kappa shape index (κ3) is 1.43. The highest BCUT2D eigenvalue weighted by Crippen LogP contribution is 2.18. The van der Waals surface area contributed by atoms with E-state index in [9.17, 15) is 0 Å². The van der Waals surface area contributed by atoms with E-state index in [0.717, 1.165) is 17.7 Å². The molecule has 0 aromatic heterocycles. The van der Waals surface area contributed by atoms with Crippen molar-refractivity contribution in [3.8, 4) is 0 Å². The van der Waals surface area contributed by atoms with Gasteiger partial charge in [-0.15, -0.1) is 0 Å². The molecule has 1 heteroatoms. The molecule has 0 unspecified atom stereocenters. The van der Waals surface area contributed by atoms with Crippen LogP contribution in [0.1, 0.15) is 18.1 Å². The summed E-state index contributed by atoms with van der Waals surface area (Å²) in [4.78, 5) is 0. The normalized spacial score (nSPS) is 9.55. The fourth-order valence-electron chi connectivity index (χ4n) is 1.19. The minimum Gasteiger partial charge on any atom is -0.398 e.